The normalized spacial score (nSPS) is 19.1. The number of carbonyl (C=O) groups excluding carboxylic acids is 3. The van der Waals surface area contributed by atoms with E-state index in [4.69, 9.17) is 0 Å². The van der Waals surface area contributed by atoms with Gasteiger partial charge in [-0.1, -0.05) is 24.3 Å². The highest BCUT2D eigenvalue weighted by atomic mass is 16.2. The molecule has 132 valence electrons. The van der Waals surface area contributed by atoms with Gasteiger partial charge >= 0.3 is 0 Å². The molecule has 2 N–H and O–H groups in total. The van der Waals surface area contributed by atoms with Gasteiger partial charge in [0.05, 0.1) is 5.92 Å². The number of hydrogen-bond acceptors (Lipinski definition) is 3. The third-order valence-electron chi connectivity index (χ3n) is 4.87. The van der Waals surface area contributed by atoms with Crippen LogP contribution in [0, 0.1) is 5.92 Å². The molecule has 26 heavy (non-hydrogen) atoms. The molecule has 1 atom stereocenters. The van der Waals surface area contributed by atoms with E-state index >= 15 is 0 Å². The molecule has 0 saturated carbocycles. The van der Waals surface area contributed by atoms with Gasteiger partial charge in [0.15, 0.2) is 0 Å². The lowest BCUT2D eigenvalue weighted by atomic mass is 9.99. The summed E-state index contributed by atoms with van der Waals surface area (Å²) in [4.78, 5) is 38.5. The second-order valence-electron chi connectivity index (χ2n) is 6.61. The lowest BCUT2D eigenvalue weighted by molar-refractivity contribution is -0.122. The zero-order chi connectivity index (χ0) is 18.1. The van der Waals surface area contributed by atoms with Crippen molar-refractivity contribution in [1.82, 2.24) is 5.32 Å². The van der Waals surface area contributed by atoms with Crippen LogP contribution in [0.3, 0.4) is 0 Å². The van der Waals surface area contributed by atoms with Crippen molar-refractivity contribution in [3.05, 3.63) is 59.7 Å². The van der Waals surface area contributed by atoms with Gasteiger partial charge in [0.2, 0.25) is 11.8 Å². The first-order valence-electron chi connectivity index (χ1n) is 8.69. The second kappa shape index (κ2) is 6.63. The molecule has 1 fully saturated rings. The molecule has 6 heteroatoms. The van der Waals surface area contributed by atoms with Crippen LogP contribution in [0.2, 0.25) is 0 Å². The van der Waals surface area contributed by atoms with Crippen molar-refractivity contribution >= 4 is 29.1 Å². The maximum Gasteiger partial charge on any atom is 0.251 e. The van der Waals surface area contributed by atoms with E-state index in [0.29, 0.717) is 24.3 Å². The third-order valence-corrected chi connectivity index (χ3v) is 4.87. The highest BCUT2D eigenvalue weighted by Crippen LogP contribution is 2.26. The molecule has 1 saturated heterocycles. The smallest absolute Gasteiger partial charge is 0.251 e. The number of para-hydroxylation sites is 1. The number of fused-ring (bicyclic) bond motifs is 1. The molecule has 1 unspecified atom stereocenters. The average Bonchev–Trinajstić information content (AvgIpc) is 3.05. The number of carbonyl (C=O) groups is 3. The molecular formula is C20H19N3O3. The Morgan fingerprint density at radius 2 is 1.92 bits per heavy atom. The highest BCUT2D eigenvalue weighted by Gasteiger charge is 2.35. The van der Waals surface area contributed by atoms with Crippen LogP contribution in [0.5, 0.6) is 0 Å². The number of nitrogens with zero attached hydrogens (tertiary/aromatic N) is 1. The van der Waals surface area contributed by atoms with E-state index in [2.05, 4.69) is 10.6 Å². The van der Waals surface area contributed by atoms with Gasteiger partial charge in [-0.25, -0.2) is 0 Å². The van der Waals surface area contributed by atoms with E-state index in [-0.39, 0.29) is 24.1 Å². The van der Waals surface area contributed by atoms with Crippen LogP contribution < -0.4 is 15.5 Å². The average molecular weight is 349 g/mol. The van der Waals surface area contributed by atoms with Gasteiger partial charge in [0.1, 0.15) is 0 Å². The van der Waals surface area contributed by atoms with Crippen LogP contribution in [-0.2, 0) is 16.0 Å². The number of anilines is 2. The fourth-order valence-electron chi connectivity index (χ4n) is 3.47. The Balaban J connectivity index is 1.47. The predicted octanol–water partition coefficient (Wildman–Crippen LogP) is 1.96. The van der Waals surface area contributed by atoms with Crippen molar-refractivity contribution < 1.29 is 14.4 Å². The number of amides is 3. The molecule has 2 aliphatic rings. The van der Waals surface area contributed by atoms with E-state index in [1.807, 2.05) is 36.4 Å². The number of benzene rings is 2. The minimum atomic E-state index is -0.410. The summed E-state index contributed by atoms with van der Waals surface area (Å²) in [6.07, 6.45) is 0.977. The minimum Gasteiger partial charge on any atom is -0.352 e. The Labute approximate surface area is 151 Å². The molecule has 4 rings (SSSR count). The second-order valence-corrected chi connectivity index (χ2v) is 6.61. The van der Waals surface area contributed by atoms with Gasteiger partial charge in [0, 0.05) is 36.4 Å². The van der Waals surface area contributed by atoms with E-state index in [1.54, 1.807) is 17.0 Å². The molecule has 0 radical (unpaired) electrons. The molecule has 2 aromatic carbocycles. The van der Waals surface area contributed by atoms with E-state index < -0.39 is 5.92 Å². The summed E-state index contributed by atoms with van der Waals surface area (Å²) in [5.41, 5.74) is 2.97. The summed E-state index contributed by atoms with van der Waals surface area (Å²) >= 11 is 0. The highest BCUT2D eigenvalue weighted by molar-refractivity contribution is 6.04. The fraction of sp³-hybridized carbons (Fsp3) is 0.250. The van der Waals surface area contributed by atoms with Crippen LogP contribution in [0.25, 0.3) is 0 Å². The summed E-state index contributed by atoms with van der Waals surface area (Å²) in [5, 5.41) is 5.65. The molecule has 2 aliphatic heterocycles. The molecule has 6 nitrogen and oxygen atoms in total. The first-order valence-corrected chi connectivity index (χ1v) is 8.69. The predicted molar refractivity (Wildman–Crippen MR) is 98.0 cm³/mol. The number of nitrogens with one attached hydrogen (secondary N) is 2. The fourth-order valence-corrected chi connectivity index (χ4v) is 3.47. The van der Waals surface area contributed by atoms with E-state index in [1.165, 1.54) is 0 Å². The summed E-state index contributed by atoms with van der Waals surface area (Å²) in [6.45, 7) is 0.997. The van der Waals surface area contributed by atoms with Crippen LogP contribution in [0.4, 0.5) is 11.4 Å². The van der Waals surface area contributed by atoms with Crippen molar-refractivity contribution in [2.24, 2.45) is 5.92 Å². The monoisotopic (exact) mass is 349 g/mol. The largest absolute Gasteiger partial charge is 0.352 e. The van der Waals surface area contributed by atoms with Crippen molar-refractivity contribution in [1.29, 1.82) is 0 Å². The molecule has 0 bridgehead atoms. The lowest BCUT2D eigenvalue weighted by Crippen LogP contribution is -2.32. The van der Waals surface area contributed by atoms with Gasteiger partial charge in [-0.3, -0.25) is 14.4 Å². The Bertz CT molecular complexity index is 879. The Morgan fingerprint density at radius 3 is 2.73 bits per heavy atom. The maximum absolute atomic E-state index is 12.6. The molecule has 2 heterocycles. The van der Waals surface area contributed by atoms with Gasteiger partial charge in [-0.15, -0.1) is 0 Å². The quantitative estimate of drug-likeness (QED) is 0.889. The van der Waals surface area contributed by atoms with Gasteiger partial charge in [0.25, 0.3) is 5.91 Å². The zero-order valence-corrected chi connectivity index (χ0v) is 14.2. The van der Waals surface area contributed by atoms with Gasteiger partial charge in [-0.05, 0) is 36.2 Å². The summed E-state index contributed by atoms with van der Waals surface area (Å²) < 4.78 is 0. The molecule has 2 aromatic rings. The summed E-state index contributed by atoms with van der Waals surface area (Å²) in [6, 6.07) is 14.7. The van der Waals surface area contributed by atoms with Crippen molar-refractivity contribution in [3.63, 3.8) is 0 Å². The molecule has 3 amide bonds. The van der Waals surface area contributed by atoms with E-state index in [0.717, 1.165) is 17.7 Å². The third kappa shape index (κ3) is 3.06. The Morgan fingerprint density at radius 1 is 1.12 bits per heavy atom. The Hall–Kier alpha value is -3.15. The first-order chi connectivity index (χ1) is 12.6. The van der Waals surface area contributed by atoms with Crippen LogP contribution in [-0.4, -0.2) is 30.8 Å². The minimum absolute atomic E-state index is 0.0545. The molecular weight excluding hydrogens is 330 g/mol. The van der Waals surface area contributed by atoms with Crippen LogP contribution in [0.15, 0.2) is 48.5 Å². The van der Waals surface area contributed by atoms with E-state index in [9.17, 15) is 14.4 Å². The molecule has 0 spiro atoms. The molecule has 0 aliphatic carbocycles. The van der Waals surface area contributed by atoms with Gasteiger partial charge < -0.3 is 15.5 Å². The number of rotatable bonds is 3. The van der Waals surface area contributed by atoms with Crippen LogP contribution >= 0.6 is 0 Å². The topological polar surface area (TPSA) is 78.5 Å². The zero-order valence-electron chi connectivity index (χ0n) is 14.2. The van der Waals surface area contributed by atoms with Crippen LogP contribution in [0.1, 0.15) is 22.3 Å². The van der Waals surface area contributed by atoms with Gasteiger partial charge in [-0.2, -0.15) is 0 Å². The summed E-state index contributed by atoms with van der Waals surface area (Å²) in [5.74, 6) is -0.782. The lowest BCUT2D eigenvalue weighted by Gasteiger charge is -2.18. The van der Waals surface area contributed by atoms with Crippen molar-refractivity contribution in [2.75, 3.05) is 23.3 Å². The first kappa shape index (κ1) is 16.3. The number of hydrogen-bond donors (Lipinski definition) is 2. The standard InChI is InChI=1S/C20H19N3O3/c24-18-10-14(12-23(18)16-4-2-1-3-5-16)19(25)22-15-7-6-13-8-9-21-20(26)17(13)11-15/h1-7,11,14H,8-10,12H2,(H,21,26)(H,22,25). The maximum atomic E-state index is 12.6. The molecule has 0 aromatic heterocycles. The Kier molecular flexibility index (Phi) is 4.16. The summed E-state index contributed by atoms with van der Waals surface area (Å²) in [7, 11) is 0. The van der Waals surface area contributed by atoms with Crippen molar-refractivity contribution in [2.45, 2.75) is 12.8 Å². The van der Waals surface area contributed by atoms with Crippen molar-refractivity contribution in [3.8, 4) is 0 Å². The SMILES string of the molecule is O=C1NCCc2ccc(NC(=O)C3CC(=O)N(c4ccccc4)C3)cc21.